The number of hydrogen-bond acceptors (Lipinski definition) is 3. The minimum Gasteiger partial charge on any atom is -0.384 e. The van der Waals surface area contributed by atoms with E-state index in [-0.39, 0.29) is 5.15 Å². The van der Waals surface area contributed by atoms with Gasteiger partial charge in [0, 0.05) is 12.1 Å². The molecule has 0 bridgehead atoms. The monoisotopic (exact) mass is 232 g/mol. The van der Waals surface area contributed by atoms with E-state index in [4.69, 9.17) is 23.2 Å². The van der Waals surface area contributed by atoms with E-state index in [9.17, 15) is 5.11 Å². The molecule has 0 radical (unpaired) electrons. The van der Waals surface area contributed by atoms with E-state index < -0.39 is 5.60 Å². The van der Waals surface area contributed by atoms with E-state index in [2.05, 4.69) is 10.3 Å². The third-order valence-corrected chi connectivity index (χ3v) is 2.95. The summed E-state index contributed by atoms with van der Waals surface area (Å²) in [6, 6.07) is 3.36. The smallest absolute Gasteiger partial charge is 0.136 e. The Balaban J connectivity index is 2.40. The van der Waals surface area contributed by atoms with Gasteiger partial charge < -0.3 is 10.4 Å². The van der Waals surface area contributed by atoms with Crippen molar-refractivity contribution in [2.45, 2.75) is 12.0 Å². The summed E-state index contributed by atoms with van der Waals surface area (Å²) in [5.74, 6) is 0. The first kappa shape index (κ1) is 10.2. The van der Waals surface area contributed by atoms with Crippen molar-refractivity contribution >= 4 is 23.2 Å². The minimum absolute atomic E-state index is 0.281. The fraction of sp³-hybridized carbons (Fsp3) is 0.444. The molecule has 1 fully saturated rings. The number of pyridine rings is 1. The van der Waals surface area contributed by atoms with Crippen molar-refractivity contribution < 1.29 is 5.11 Å². The Morgan fingerprint density at radius 3 is 2.79 bits per heavy atom. The van der Waals surface area contributed by atoms with E-state index >= 15 is 0 Å². The summed E-state index contributed by atoms with van der Waals surface area (Å²) in [7, 11) is 0. The van der Waals surface area contributed by atoms with Crippen LogP contribution in [-0.2, 0) is 5.60 Å². The number of hydrogen-bond donors (Lipinski definition) is 2. The van der Waals surface area contributed by atoms with Crippen molar-refractivity contribution in [2.24, 2.45) is 0 Å². The highest BCUT2D eigenvalue weighted by Crippen LogP contribution is 2.32. The second-order valence-electron chi connectivity index (χ2n) is 3.43. The van der Waals surface area contributed by atoms with Crippen LogP contribution in [-0.4, -0.2) is 23.2 Å². The third kappa shape index (κ3) is 1.73. The Bertz CT molecular complexity index is 351. The van der Waals surface area contributed by atoms with Gasteiger partial charge in [0.2, 0.25) is 0 Å². The fourth-order valence-electron chi connectivity index (χ4n) is 1.67. The lowest BCUT2D eigenvalue weighted by Crippen LogP contribution is -2.28. The number of rotatable bonds is 1. The highest BCUT2D eigenvalue weighted by atomic mass is 35.5. The molecule has 1 aliphatic heterocycles. The fourth-order valence-corrected chi connectivity index (χ4v) is 2.19. The molecule has 76 valence electrons. The molecule has 2 N–H and O–H groups in total. The van der Waals surface area contributed by atoms with Gasteiger partial charge >= 0.3 is 0 Å². The molecule has 3 nitrogen and oxygen atoms in total. The van der Waals surface area contributed by atoms with Gasteiger partial charge in [-0.25, -0.2) is 4.98 Å². The lowest BCUT2D eigenvalue weighted by molar-refractivity contribution is 0.0585. The highest BCUT2D eigenvalue weighted by Gasteiger charge is 2.35. The topological polar surface area (TPSA) is 45.2 Å². The minimum atomic E-state index is -0.894. The quantitative estimate of drug-likeness (QED) is 0.723. The number of aromatic nitrogens is 1. The molecule has 1 aromatic rings. The maximum atomic E-state index is 10.2. The van der Waals surface area contributed by atoms with Crippen LogP contribution in [0.1, 0.15) is 12.0 Å². The summed E-state index contributed by atoms with van der Waals surface area (Å²) in [5, 5.41) is 13.9. The summed E-state index contributed by atoms with van der Waals surface area (Å²) < 4.78 is 0. The van der Waals surface area contributed by atoms with E-state index in [0.29, 0.717) is 23.7 Å². The lowest BCUT2D eigenvalue weighted by Gasteiger charge is -2.22. The lowest BCUT2D eigenvalue weighted by atomic mass is 9.95. The van der Waals surface area contributed by atoms with Crippen molar-refractivity contribution in [3.63, 3.8) is 0 Å². The molecule has 2 heterocycles. The average molecular weight is 233 g/mol. The molecule has 0 saturated carbocycles. The Morgan fingerprint density at radius 1 is 1.43 bits per heavy atom. The number of halogens is 2. The van der Waals surface area contributed by atoms with Gasteiger partial charge in [-0.1, -0.05) is 23.2 Å². The van der Waals surface area contributed by atoms with Crippen LogP contribution >= 0.6 is 23.2 Å². The van der Waals surface area contributed by atoms with Gasteiger partial charge in [0.15, 0.2) is 0 Å². The molecule has 0 amide bonds. The number of β-amino-alcohol motifs (C(OH)–C–C–N with tert-alkyl or cyclic N) is 1. The molecule has 1 atom stereocenters. The Morgan fingerprint density at radius 2 is 2.21 bits per heavy atom. The molecular weight excluding hydrogens is 223 g/mol. The van der Waals surface area contributed by atoms with Crippen LogP contribution in [0.25, 0.3) is 0 Å². The number of nitrogens with zero attached hydrogens (tertiary/aromatic N) is 1. The first-order valence-corrected chi connectivity index (χ1v) is 5.13. The first-order chi connectivity index (χ1) is 6.62. The van der Waals surface area contributed by atoms with Crippen LogP contribution in [0.4, 0.5) is 0 Å². The molecule has 1 aromatic heterocycles. The zero-order valence-electron chi connectivity index (χ0n) is 7.43. The predicted octanol–water partition coefficient (Wildman–Crippen LogP) is 1.57. The van der Waals surface area contributed by atoms with Crippen LogP contribution in [0.2, 0.25) is 10.3 Å². The van der Waals surface area contributed by atoms with E-state index in [0.717, 1.165) is 6.54 Å². The zero-order chi connectivity index (χ0) is 10.2. The third-order valence-electron chi connectivity index (χ3n) is 2.45. The van der Waals surface area contributed by atoms with Crippen LogP contribution in [0, 0.1) is 0 Å². The van der Waals surface area contributed by atoms with E-state index in [1.54, 1.807) is 12.1 Å². The SMILES string of the molecule is OC1(c2ccc(Cl)nc2Cl)CCNC1. The maximum Gasteiger partial charge on any atom is 0.136 e. The predicted molar refractivity (Wildman–Crippen MR) is 55.6 cm³/mol. The molecule has 0 spiro atoms. The van der Waals surface area contributed by atoms with Crippen LogP contribution < -0.4 is 5.32 Å². The molecule has 0 aliphatic carbocycles. The molecular formula is C9H10Cl2N2O. The van der Waals surface area contributed by atoms with Gasteiger partial charge in [-0.2, -0.15) is 0 Å². The molecule has 2 rings (SSSR count). The van der Waals surface area contributed by atoms with E-state index in [1.807, 2.05) is 0 Å². The molecule has 0 aromatic carbocycles. The molecule has 1 aliphatic rings. The van der Waals surface area contributed by atoms with Crippen molar-refractivity contribution in [2.75, 3.05) is 13.1 Å². The van der Waals surface area contributed by atoms with Gasteiger partial charge in [-0.05, 0) is 25.1 Å². The average Bonchev–Trinajstić information content (AvgIpc) is 2.52. The zero-order valence-corrected chi connectivity index (χ0v) is 8.94. The second-order valence-corrected chi connectivity index (χ2v) is 4.18. The standard InChI is InChI=1S/C9H10Cl2N2O/c10-7-2-1-6(8(11)13-7)9(14)3-4-12-5-9/h1-2,12,14H,3-5H2. The first-order valence-electron chi connectivity index (χ1n) is 4.37. The largest absolute Gasteiger partial charge is 0.384 e. The highest BCUT2D eigenvalue weighted by molar-refractivity contribution is 6.32. The molecule has 14 heavy (non-hydrogen) atoms. The Kier molecular flexibility index (Phi) is 2.66. The van der Waals surface area contributed by atoms with E-state index in [1.165, 1.54) is 0 Å². The van der Waals surface area contributed by atoms with Crippen LogP contribution in [0.3, 0.4) is 0 Å². The molecule has 5 heteroatoms. The van der Waals surface area contributed by atoms with Gasteiger partial charge in [0.05, 0.1) is 0 Å². The normalized spacial score (nSPS) is 26.8. The second kappa shape index (κ2) is 3.66. The summed E-state index contributed by atoms with van der Waals surface area (Å²) in [4.78, 5) is 3.91. The van der Waals surface area contributed by atoms with Crippen LogP contribution in [0.5, 0.6) is 0 Å². The maximum absolute atomic E-state index is 10.2. The Labute approximate surface area is 92.1 Å². The summed E-state index contributed by atoms with van der Waals surface area (Å²) in [6.45, 7) is 1.30. The van der Waals surface area contributed by atoms with Gasteiger partial charge in [-0.3, -0.25) is 0 Å². The van der Waals surface area contributed by atoms with Gasteiger partial charge in [0.1, 0.15) is 15.9 Å². The summed E-state index contributed by atoms with van der Waals surface area (Å²) in [6.07, 6.45) is 0.649. The molecule has 1 saturated heterocycles. The number of aliphatic hydroxyl groups is 1. The summed E-state index contributed by atoms with van der Waals surface area (Å²) in [5.41, 5.74) is -0.247. The van der Waals surface area contributed by atoms with Crippen molar-refractivity contribution in [3.05, 3.63) is 28.0 Å². The van der Waals surface area contributed by atoms with Crippen molar-refractivity contribution in [3.8, 4) is 0 Å². The number of nitrogens with one attached hydrogen (secondary N) is 1. The van der Waals surface area contributed by atoms with Crippen LogP contribution in [0.15, 0.2) is 12.1 Å². The Hall–Kier alpha value is -0.350. The van der Waals surface area contributed by atoms with Crippen molar-refractivity contribution in [1.82, 2.24) is 10.3 Å². The van der Waals surface area contributed by atoms with Crippen molar-refractivity contribution in [1.29, 1.82) is 0 Å². The van der Waals surface area contributed by atoms with Gasteiger partial charge in [-0.15, -0.1) is 0 Å². The van der Waals surface area contributed by atoms with Gasteiger partial charge in [0.25, 0.3) is 0 Å². The molecule has 1 unspecified atom stereocenters. The summed E-state index contributed by atoms with van der Waals surface area (Å²) >= 11 is 11.6.